The van der Waals surface area contributed by atoms with E-state index < -0.39 is 0 Å². The predicted molar refractivity (Wildman–Crippen MR) is 279 cm³/mol. The summed E-state index contributed by atoms with van der Waals surface area (Å²) in [5.41, 5.74) is 22.5. The first-order valence-electron chi connectivity index (χ1n) is 23.3. The van der Waals surface area contributed by atoms with Crippen molar-refractivity contribution in [2.45, 2.75) is 38.5 Å². The van der Waals surface area contributed by atoms with Gasteiger partial charge >= 0.3 is 0 Å². The zero-order valence-electron chi connectivity index (χ0n) is 37.7. The Morgan fingerprint density at radius 2 is 0.848 bits per heavy atom. The summed E-state index contributed by atoms with van der Waals surface area (Å²) in [5.74, 6) is 0. The Morgan fingerprint density at radius 3 is 1.55 bits per heavy atom. The van der Waals surface area contributed by atoms with Crippen molar-refractivity contribution in [3.05, 3.63) is 241 Å². The van der Waals surface area contributed by atoms with Gasteiger partial charge in [-0.05, 0) is 139 Å². The Kier molecular flexibility index (Phi) is 8.33. The standard InChI is InChI=1S/C64H48N2/c1-63(2)55-25-15-13-21-48(55)52-38-54-53-37-44(31-36-59(53)66(61(54)39-57(52)63)45-19-9-6-10-20-45)43-29-34-47(35-30-43)65(46-32-27-42(28-33-46)41-17-7-5-8-18-41)60-40-58-62(50-23-12-11-22-49(50)60)51-24-14-16-26-56(51)64(58,3)4/h5-40H,1-4H3. The van der Waals surface area contributed by atoms with E-state index in [1.807, 2.05) is 0 Å². The summed E-state index contributed by atoms with van der Waals surface area (Å²) >= 11 is 0. The van der Waals surface area contributed by atoms with Gasteiger partial charge in [-0.25, -0.2) is 0 Å². The molecule has 0 N–H and O–H groups in total. The van der Waals surface area contributed by atoms with E-state index in [4.69, 9.17) is 0 Å². The quantitative estimate of drug-likeness (QED) is 0.162. The summed E-state index contributed by atoms with van der Waals surface area (Å²) < 4.78 is 2.46. The van der Waals surface area contributed by atoms with Gasteiger partial charge < -0.3 is 9.47 Å². The molecule has 0 fully saturated rings. The molecule has 2 aliphatic rings. The molecule has 0 aliphatic heterocycles. The van der Waals surface area contributed by atoms with Gasteiger partial charge in [0, 0.05) is 44.1 Å². The smallest absolute Gasteiger partial charge is 0.0544 e. The van der Waals surface area contributed by atoms with E-state index in [0.29, 0.717) is 0 Å². The average molecular weight is 845 g/mol. The van der Waals surface area contributed by atoms with Crippen LogP contribution < -0.4 is 4.90 Å². The summed E-state index contributed by atoms with van der Waals surface area (Å²) in [4.78, 5) is 2.47. The third-order valence-corrected chi connectivity index (χ3v) is 15.0. The van der Waals surface area contributed by atoms with Crippen LogP contribution in [0.15, 0.2) is 218 Å². The van der Waals surface area contributed by atoms with Crippen LogP contribution in [0.4, 0.5) is 17.1 Å². The van der Waals surface area contributed by atoms with Crippen LogP contribution >= 0.6 is 0 Å². The lowest BCUT2D eigenvalue weighted by Gasteiger charge is -2.30. The van der Waals surface area contributed by atoms with Crippen LogP contribution in [0.25, 0.3) is 82.8 Å². The summed E-state index contributed by atoms with van der Waals surface area (Å²) in [6.45, 7) is 9.50. The maximum Gasteiger partial charge on any atom is 0.0544 e. The normalized spacial score (nSPS) is 14.0. The van der Waals surface area contributed by atoms with Crippen LogP contribution in [-0.2, 0) is 10.8 Å². The van der Waals surface area contributed by atoms with Crippen molar-refractivity contribution in [3.63, 3.8) is 0 Å². The SMILES string of the molecule is CC1(C)c2ccccc2-c2cc3c4cc(-c5ccc(N(c6ccc(-c7ccccc7)cc6)c6cc7c(c8ccccc68)-c6ccccc6C7(C)C)cc5)ccc4n(-c4ccccc4)c3cc21. The molecule has 13 rings (SSSR count). The molecule has 0 saturated carbocycles. The maximum atomic E-state index is 2.48. The van der Waals surface area contributed by atoms with E-state index in [1.54, 1.807) is 0 Å². The Hall–Kier alpha value is -7.94. The largest absolute Gasteiger partial charge is 0.310 e. The molecule has 0 spiro atoms. The van der Waals surface area contributed by atoms with Crippen molar-refractivity contribution in [1.82, 2.24) is 4.57 Å². The van der Waals surface area contributed by atoms with E-state index in [-0.39, 0.29) is 10.8 Å². The van der Waals surface area contributed by atoms with Gasteiger partial charge in [0.05, 0.1) is 16.7 Å². The van der Waals surface area contributed by atoms with Gasteiger partial charge in [-0.15, -0.1) is 0 Å². The van der Waals surface area contributed by atoms with Crippen molar-refractivity contribution in [3.8, 4) is 50.2 Å². The summed E-state index contributed by atoms with van der Waals surface area (Å²) in [6, 6.07) is 81.2. The van der Waals surface area contributed by atoms with Gasteiger partial charge in [0.15, 0.2) is 0 Å². The zero-order chi connectivity index (χ0) is 44.3. The molecule has 0 amide bonds. The lowest BCUT2D eigenvalue weighted by Crippen LogP contribution is -2.17. The average Bonchev–Trinajstić information content (AvgIpc) is 3.90. The minimum Gasteiger partial charge on any atom is -0.310 e. The van der Waals surface area contributed by atoms with Gasteiger partial charge in [0.1, 0.15) is 0 Å². The van der Waals surface area contributed by atoms with Crippen molar-refractivity contribution in [2.75, 3.05) is 4.90 Å². The van der Waals surface area contributed by atoms with E-state index in [9.17, 15) is 0 Å². The van der Waals surface area contributed by atoms with Crippen molar-refractivity contribution < 1.29 is 0 Å². The number of para-hydroxylation sites is 1. The van der Waals surface area contributed by atoms with Crippen LogP contribution in [0.1, 0.15) is 49.9 Å². The molecule has 1 heterocycles. The highest BCUT2D eigenvalue weighted by Crippen LogP contribution is 2.55. The van der Waals surface area contributed by atoms with Gasteiger partial charge in [-0.1, -0.05) is 179 Å². The van der Waals surface area contributed by atoms with Crippen LogP contribution in [0.5, 0.6) is 0 Å². The minimum absolute atomic E-state index is 0.0872. The van der Waals surface area contributed by atoms with Crippen LogP contribution in [-0.4, -0.2) is 4.57 Å². The molecule has 0 radical (unpaired) electrons. The maximum absolute atomic E-state index is 2.48. The molecule has 66 heavy (non-hydrogen) atoms. The fourth-order valence-corrected chi connectivity index (χ4v) is 11.6. The van der Waals surface area contributed by atoms with Crippen molar-refractivity contribution in [1.29, 1.82) is 0 Å². The lowest BCUT2D eigenvalue weighted by atomic mass is 9.81. The molecule has 314 valence electrons. The van der Waals surface area contributed by atoms with E-state index in [1.165, 1.54) is 111 Å². The minimum atomic E-state index is -0.153. The predicted octanol–water partition coefficient (Wildman–Crippen LogP) is 17.4. The number of anilines is 3. The fraction of sp³-hybridized carbons (Fsp3) is 0.0938. The molecule has 10 aromatic carbocycles. The Bertz CT molecular complexity index is 3720. The van der Waals surface area contributed by atoms with Crippen molar-refractivity contribution in [2.24, 2.45) is 0 Å². The second-order valence-corrected chi connectivity index (χ2v) is 19.3. The molecule has 2 aliphatic carbocycles. The van der Waals surface area contributed by atoms with Gasteiger partial charge in [0.25, 0.3) is 0 Å². The molecular weight excluding hydrogens is 797 g/mol. The number of hydrogen-bond donors (Lipinski definition) is 0. The fourth-order valence-electron chi connectivity index (χ4n) is 11.6. The molecule has 0 unspecified atom stereocenters. The van der Waals surface area contributed by atoms with Crippen LogP contribution in [0.3, 0.4) is 0 Å². The monoisotopic (exact) mass is 844 g/mol. The first-order chi connectivity index (χ1) is 32.3. The topological polar surface area (TPSA) is 8.17 Å². The van der Waals surface area contributed by atoms with Gasteiger partial charge in [-0.2, -0.15) is 0 Å². The number of hydrogen-bond acceptors (Lipinski definition) is 1. The Labute approximate surface area is 386 Å². The second kappa shape index (κ2) is 14.3. The second-order valence-electron chi connectivity index (χ2n) is 19.3. The van der Waals surface area contributed by atoms with Gasteiger partial charge in [-0.3, -0.25) is 0 Å². The first-order valence-corrected chi connectivity index (χ1v) is 23.3. The van der Waals surface area contributed by atoms with Crippen molar-refractivity contribution >= 4 is 49.6 Å². The molecule has 2 heteroatoms. The highest BCUT2D eigenvalue weighted by Gasteiger charge is 2.38. The molecule has 11 aromatic rings. The highest BCUT2D eigenvalue weighted by atomic mass is 15.1. The molecule has 0 bridgehead atoms. The number of fused-ring (bicyclic) bond motifs is 11. The Balaban J connectivity index is 0.975. The molecule has 0 saturated heterocycles. The highest BCUT2D eigenvalue weighted by molar-refractivity contribution is 6.13. The van der Waals surface area contributed by atoms with E-state index >= 15 is 0 Å². The third kappa shape index (κ3) is 5.61. The first kappa shape index (κ1) is 38.5. The van der Waals surface area contributed by atoms with Crippen LogP contribution in [0, 0.1) is 0 Å². The summed E-state index contributed by atoms with van der Waals surface area (Å²) in [6.07, 6.45) is 0. The van der Waals surface area contributed by atoms with Gasteiger partial charge in [0.2, 0.25) is 0 Å². The molecular formula is C64H48N2. The summed E-state index contributed by atoms with van der Waals surface area (Å²) in [7, 11) is 0. The van der Waals surface area contributed by atoms with E-state index in [2.05, 4.69) is 256 Å². The molecule has 0 atom stereocenters. The zero-order valence-corrected chi connectivity index (χ0v) is 37.7. The lowest BCUT2D eigenvalue weighted by molar-refractivity contribution is 0.661. The number of nitrogens with zero attached hydrogens (tertiary/aromatic N) is 2. The number of aromatic nitrogens is 1. The van der Waals surface area contributed by atoms with Crippen LogP contribution in [0.2, 0.25) is 0 Å². The Morgan fingerprint density at radius 1 is 0.333 bits per heavy atom. The number of rotatable bonds is 6. The molecule has 2 nitrogen and oxygen atoms in total. The van der Waals surface area contributed by atoms with E-state index in [0.717, 1.165) is 11.4 Å². The third-order valence-electron chi connectivity index (χ3n) is 15.0. The summed E-state index contributed by atoms with van der Waals surface area (Å²) in [5, 5.41) is 5.05. The molecule has 1 aromatic heterocycles. The number of benzene rings is 10.